The summed E-state index contributed by atoms with van der Waals surface area (Å²) in [5, 5.41) is 2.70. The monoisotopic (exact) mass is 289 g/mol. The van der Waals surface area contributed by atoms with Crippen LogP contribution in [0.15, 0.2) is 35.9 Å². The fourth-order valence-electron chi connectivity index (χ4n) is 1.78. The lowest BCUT2D eigenvalue weighted by Gasteiger charge is -2.09. The van der Waals surface area contributed by atoms with Crippen molar-refractivity contribution in [3.63, 3.8) is 0 Å². The van der Waals surface area contributed by atoms with E-state index in [0.717, 1.165) is 6.42 Å². The van der Waals surface area contributed by atoms with E-state index >= 15 is 0 Å². The van der Waals surface area contributed by atoms with Gasteiger partial charge in [-0.15, -0.1) is 0 Å². The molecule has 1 aromatic rings. The van der Waals surface area contributed by atoms with Gasteiger partial charge in [0, 0.05) is 11.3 Å². The summed E-state index contributed by atoms with van der Waals surface area (Å²) < 4.78 is 4.93. The van der Waals surface area contributed by atoms with Crippen molar-refractivity contribution >= 4 is 17.6 Å². The maximum atomic E-state index is 11.7. The Balaban J connectivity index is 2.47. The molecule has 1 aromatic carbocycles. The van der Waals surface area contributed by atoms with E-state index in [2.05, 4.69) is 19.2 Å². The standard InChI is InChI=1S/C17H23NO3/c1-5-6-13(4)17(20)21-11-16(19)18-15-9-7-14(8-10-15)12(2)3/h6-10,12H,5,11H2,1-4H3,(H,18,19)/b13-6-. The van der Waals surface area contributed by atoms with E-state index in [9.17, 15) is 9.59 Å². The highest BCUT2D eigenvalue weighted by Gasteiger charge is 2.09. The molecule has 0 aliphatic rings. The van der Waals surface area contributed by atoms with Gasteiger partial charge in [-0.05, 0) is 37.0 Å². The van der Waals surface area contributed by atoms with Gasteiger partial charge < -0.3 is 10.1 Å². The van der Waals surface area contributed by atoms with E-state index in [4.69, 9.17) is 4.74 Å². The third-order valence-corrected chi connectivity index (χ3v) is 3.03. The van der Waals surface area contributed by atoms with Crippen LogP contribution < -0.4 is 5.32 Å². The van der Waals surface area contributed by atoms with Crippen LogP contribution in [0.3, 0.4) is 0 Å². The number of benzene rings is 1. The molecule has 1 rings (SSSR count). The Kier molecular flexibility index (Phi) is 6.66. The van der Waals surface area contributed by atoms with E-state index in [1.807, 2.05) is 31.2 Å². The average molecular weight is 289 g/mol. The molecule has 1 amide bonds. The van der Waals surface area contributed by atoms with Crippen LogP contribution in [0.2, 0.25) is 0 Å². The first-order valence-electron chi connectivity index (χ1n) is 7.17. The molecule has 0 heterocycles. The van der Waals surface area contributed by atoms with Gasteiger partial charge in [0.2, 0.25) is 0 Å². The highest BCUT2D eigenvalue weighted by atomic mass is 16.5. The molecule has 0 bridgehead atoms. The lowest BCUT2D eigenvalue weighted by molar-refractivity contribution is -0.143. The number of anilines is 1. The zero-order chi connectivity index (χ0) is 15.8. The summed E-state index contributed by atoms with van der Waals surface area (Å²) in [7, 11) is 0. The van der Waals surface area contributed by atoms with Crippen LogP contribution in [-0.2, 0) is 14.3 Å². The van der Waals surface area contributed by atoms with Gasteiger partial charge in [0.1, 0.15) is 0 Å². The SMILES string of the molecule is CC/C=C(/C)C(=O)OCC(=O)Nc1ccc(C(C)C)cc1. The number of esters is 1. The zero-order valence-corrected chi connectivity index (χ0v) is 13.1. The molecular weight excluding hydrogens is 266 g/mol. The number of carbonyl (C=O) groups excluding carboxylic acids is 2. The van der Waals surface area contributed by atoms with Crippen molar-refractivity contribution in [2.45, 2.75) is 40.0 Å². The molecule has 0 unspecified atom stereocenters. The van der Waals surface area contributed by atoms with Crippen LogP contribution in [0.5, 0.6) is 0 Å². The van der Waals surface area contributed by atoms with E-state index in [1.165, 1.54) is 5.56 Å². The minimum absolute atomic E-state index is 0.278. The molecule has 1 N–H and O–H groups in total. The molecule has 0 radical (unpaired) electrons. The molecule has 0 saturated carbocycles. The minimum atomic E-state index is -0.456. The van der Waals surface area contributed by atoms with Gasteiger partial charge in [0.05, 0.1) is 0 Å². The van der Waals surface area contributed by atoms with Crippen molar-refractivity contribution in [2.24, 2.45) is 0 Å². The fraction of sp³-hybridized carbons (Fsp3) is 0.412. The van der Waals surface area contributed by atoms with Gasteiger partial charge in [-0.25, -0.2) is 4.79 Å². The topological polar surface area (TPSA) is 55.4 Å². The van der Waals surface area contributed by atoms with E-state index < -0.39 is 5.97 Å². The van der Waals surface area contributed by atoms with Gasteiger partial charge in [0.25, 0.3) is 5.91 Å². The predicted molar refractivity (Wildman–Crippen MR) is 84.2 cm³/mol. The Morgan fingerprint density at radius 3 is 2.38 bits per heavy atom. The van der Waals surface area contributed by atoms with Crippen molar-refractivity contribution in [2.75, 3.05) is 11.9 Å². The number of rotatable bonds is 6. The van der Waals surface area contributed by atoms with E-state index in [0.29, 0.717) is 17.2 Å². The Morgan fingerprint density at radius 1 is 1.24 bits per heavy atom. The summed E-state index contributed by atoms with van der Waals surface area (Å²) >= 11 is 0. The Morgan fingerprint density at radius 2 is 1.86 bits per heavy atom. The normalized spacial score (nSPS) is 11.4. The van der Waals surface area contributed by atoms with Gasteiger partial charge in [-0.2, -0.15) is 0 Å². The molecule has 4 heteroatoms. The van der Waals surface area contributed by atoms with Gasteiger partial charge >= 0.3 is 5.97 Å². The minimum Gasteiger partial charge on any atom is -0.452 e. The lowest BCUT2D eigenvalue weighted by atomic mass is 10.0. The second kappa shape index (κ2) is 8.25. The molecule has 21 heavy (non-hydrogen) atoms. The Bertz CT molecular complexity index is 515. The fourth-order valence-corrected chi connectivity index (χ4v) is 1.78. The summed E-state index contributed by atoms with van der Waals surface area (Å²) in [5.41, 5.74) is 2.42. The van der Waals surface area contributed by atoms with Crippen molar-refractivity contribution in [3.05, 3.63) is 41.5 Å². The second-order valence-electron chi connectivity index (χ2n) is 5.20. The van der Waals surface area contributed by atoms with Crippen LogP contribution in [0.25, 0.3) is 0 Å². The molecule has 0 aliphatic heterocycles. The van der Waals surface area contributed by atoms with E-state index in [-0.39, 0.29) is 12.5 Å². The van der Waals surface area contributed by atoms with Crippen LogP contribution in [0, 0.1) is 0 Å². The summed E-state index contributed by atoms with van der Waals surface area (Å²) in [6.07, 6.45) is 2.53. The van der Waals surface area contributed by atoms with Gasteiger partial charge in [-0.1, -0.05) is 39.0 Å². The molecule has 0 atom stereocenters. The van der Waals surface area contributed by atoms with Crippen LogP contribution in [0.1, 0.15) is 45.6 Å². The maximum Gasteiger partial charge on any atom is 0.333 e. The summed E-state index contributed by atoms with van der Waals surface area (Å²) in [5.74, 6) is -0.351. The van der Waals surface area contributed by atoms with Crippen molar-refractivity contribution in [3.8, 4) is 0 Å². The third-order valence-electron chi connectivity index (χ3n) is 3.03. The highest BCUT2D eigenvalue weighted by Crippen LogP contribution is 2.17. The average Bonchev–Trinajstić information content (AvgIpc) is 2.45. The van der Waals surface area contributed by atoms with Crippen LogP contribution in [0.4, 0.5) is 5.69 Å². The summed E-state index contributed by atoms with van der Waals surface area (Å²) in [4.78, 5) is 23.2. The number of hydrogen-bond acceptors (Lipinski definition) is 3. The second-order valence-corrected chi connectivity index (χ2v) is 5.20. The number of hydrogen-bond donors (Lipinski definition) is 1. The Labute approximate surface area is 126 Å². The first kappa shape index (κ1) is 17.0. The molecule has 0 saturated heterocycles. The first-order valence-corrected chi connectivity index (χ1v) is 7.17. The highest BCUT2D eigenvalue weighted by molar-refractivity contribution is 5.94. The zero-order valence-electron chi connectivity index (χ0n) is 13.1. The van der Waals surface area contributed by atoms with Crippen LogP contribution >= 0.6 is 0 Å². The molecule has 0 fully saturated rings. The molecule has 4 nitrogen and oxygen atoms in total. The quantitative estimate of drug-likeness (QED) is 0.642. The number of nitrogens with one attached hydrogen (secondary N) is 1. The molecular formula is C17H23NO3. The maximum absolute atomic E-state index is 11.7. The summed E-state index contributed by atoms with van der Waals surface area (Å²) in [6.45, 7) is 7.55. The molecule has 0 spiro atoms. The van der Waals surface area contributed by atoms with Crippen molar-refractivity contribution in [1.82, 2.24) is 0 Å². The number of allylic oxidation sites excluding steroid dienone is 1. The number of carbonyl (C=O) groups is 2. The van der Waals surface area contributed by atoms with E-state index in [1.54, 1.807) is 13.0 Å². The predicted octanol–water partition coefficient (Wildman–Crippen LogP) is 3.65. The number of amides is 1. The molecule has 114 valence electrons. The van der Waals surface area contributed by atoms with Crippen LogP contribution in [-0.4, -0.2) is 18.5 Å². The Hall–Kier alpha value is -2.10. The smallest absolute Gasteiger partial charge is 0.333 e. The lowest BCUT2D eigenvalue weighted by Crippen LogP contribution is -2.21. The van der Waals surface area contributed by atoms with Gasteiger partial charge in [0.15, 0.2) is 6.61 Å². The van der Waals surface area contributed by atoms with Crippen molar-refractivity contribution < 1.29 is 14.3 Å². The summed E-state index contributed by atoms with van der Waals surface area (Å²) in [6, 6.07) is 7.63. The molecule has 0 aliphatic carbocycles. The first-order chi connectivity index (χ1) is 9.93. The largest absolute Gasteiger partial charge is 0.452 e. The third kappa shape index (κ3) is 5.81. The van der Waals surface area contributed by atoms with Crippen molar-refractivity contribution in [1.29, 1.82) is 0 Å². The molecule has 0 aromatic heterocycles. The van der Waals surface area contributed by atoms with Gasteiger partial charge in [-0.3, -0.25) is 4.79 Å². The number of ether oxygens (including phenoxy) is 1.